The van der Waals surface area contributed by atoms with Crippen LogP contribution < -0.4 is 4.74 Å². The molecule has 0 aromatic heterocycles. The van der Waals surface area contributed by atoms with Gasteiger partial charge in [-0.1, -0.05) is 23.2 Å². The lowest BCUT2D eigenvalue weighted by atomic mass is 9.77. The minimum Gasteiger partial charge on any atom is -0.493 e. The lowest BCUT2D eigenvalue weighted by molar-refractivity contribution is -0.136. The Hall–Kier alpha value is -2.24. The fraction of sp³-hybridized carbons (Fsp3) is 0.481. The molecule has 0 saturated carbocycles. The van der Waals surface area contributed by atoms with Crippen LogP contribution in [0.2, 0.25) is 10.0 Å². The number of carbonyl (C=O) groups excluding carboxylic acids is 2. The van der Waals surface area contributed by atoms with E-state index in [1.807, 2.05) is 34.9 Å². The molecule has 182 valence electrons. The van der Waals surface area contributed by atoms with E-state index in [0.29, 0.717) is 41.7 Å². The van der Waals surface area contributed by atoms with E-state index >= 15 is 0 Å². The number of benzene rings is 2. The number of halogens is 2. The molecule has 2 aromatic carbocycles. The van der Waals surface area contributed by atoms with E-state index in [4.69, 9.17) is 27.9 Å². The minimum atomic E-state index is -0.442. The second-order valence-corrected chi connectivity index (χ2v) is 10.5. The molecule has 1 atom stereocenters. The SMILES string of the molecule is Cc1cc(OCC2(CC(=O)N3CCCCC3)CCCN(C(=O)c3ccc(Cl)cc3)C2)ccc1Cl. The molecule has 0 N–H and O–H groups in total. The number of hydrogen-bond donors (Lipinski definition) is 0. The second kappa shape index (κ2) is 11.0. The normalized spacial score (nSPS) is 20.8. The van der Waals surface area contributed by atoms with Crippen LogP contribution in [0, 0.1) is 12.3 Å². The maximum atomic E-state index is 13.3. The number of aryl methyl sites for hydroxylation is 1. The molecule has 0 radical (unpaired) electrons. The highest BCUT2D eigenvalue weighted by Crippen LogP contribution is 2.36. The fourth-order valence-corrected chi connectivity index (χ4v) is 5.23. The molecule has 1 unspecified atom stereocenters. The van der Waals surface area contributed by atoms with Crippen molar-refractivity contribution in [2.75, 3.05) is 32.8 Å². The van der Waals surface area contributed by atoms with Gasteiger partial charge in [-0.05, 0) is 87.1 Å². The quantitative estimate of drug-likeness (QED) is 0.486. The van der Waals surface area contributed by atoms with E-state index in [1.54, 1.807) is 24.3 Å². The predicted molar refractivity (Wildman–Crippen MR) is 136 cm³/mol. The van der Waals surface area contributed by atoms with Gasteiger partial charge in [0.15, 0.2) is 0 Å². The number of likely N-dealkylation sites (tertiary alicyclic amines) is 2. The Bertz CT molecular complexity index is 1020. The summed E-state index contributed by atoms with van der Waals surface area (Å²) >= 11 is 12.2. The Kier molecular flexibility index (Phi) is 8.05. The third-order valence-corrected chi connectivity index (χ3v) is 7.63. The van der Waals surface area contributed by atoms with Gasteiger partial charge in [0.2, 0.25) is 5.91 Å². The Balaban J connectivity index is 1.53. The van der Waals surface area contributed by atoms with Gasteiger partial charge < -0.3 is 14.5 Å². The van der Waals surface area contributed by atoms with Gasteiger partial charge in [-0.25, -0.2) is 0 Å². The lowest BCUT2D eigenvalue weighted by Gasteiger charge is -2.43. The zero-order valence-corrected chi connectivity index (χ0v) is 21.2. The highest BCUT2D eigenvalue weighted by Gasteiger charge is 2.41. The van der Waals surface area contributed by atoms with Crippen LogP contribution in [0.4, 0.5) is 0 Å². The maximum Gasteiger partial charge on any atom is 0.253 e. The van der Waals surface area contributed by atoms with Crippen LogP contribution in [0.3, 0.4) is 0 Å². The van der Waals surface area contributed by atoms with Crippen molar-refractivity contribution >= 4 is 35.0 Å². The van der Waals surface area contributed by atoms with Gasteiger partial charge >= 0.3 is 0 Å². The molecule has 0 spiro atoms. The summed E-state index contributed by atoms with van der Waals surface area (Å²) in [7, 11) is 0. The molecule has 2 heterocycles. The first-order valence-corrected chi connectivity index (χ1v) is 12.8. The summed E-state index contributed by atoms with van der Waals surface area (Å²) in [4.78, 5) is 30.4. The van der Waals surface area contributed by atoms with Crippen molar-refractivity contribution in [2.45, 2.75) is 45.4 Å². The molecule has 7 heteroatoms. The van der Waals surface area contributed by atoms with Crippen molar-refractivity contribution in [2.24, 2.45) is 5.41 Å². The second-order valence-electron chi connectivity index (χ2n) is 9.66. The number of rotatable bonds is 6. The molecule has 2 fully saturated rings. The zero-order chi connectivity index (χ0) is 24.1. The molecule has 2 aliphatic heterocycles. The van der Waals surface area contributed by atoms with Gasteiger partial charge in [0.05, 0.1) is 6.61 Å². The van der Waals surface area contributed by atoms with E-state index in [0.717, 1.165) is 50.1 Å². The Morgan fingerprint density at radius 2 is 1.65 bits per heavy atom. The zero-order valence-electron chi connectivity index (χ0n) is 19.7. The smallest absolute Gasteiger partial charge is 0.253 e. The molecule has 34 heavy (non-hydrogen) atoms. The molecular formula is C27H32Cl2N2O3. The number of hydrogen-bond acceptors (Lipinski definition) is 3. The molecule has 2 aliphatic rings. The summed E-state index contributed by atoms with van der Waals surface area (Å²) < 4.78 is 6.24. The van der Waals surface area contributed by atoms with Crippen LogP contribution in [0.25, 0.3) is 0 Å². The first kappa shape index (κ1) is 24.9. The Morgan fingerprint density at radius 1 is 0.941 bits per heavy atom. The maximum absolute atomic E-state index is 13.3. The van der Waals surface area contributed by atoms with Crippen molar-refractivity contribution in [3.8, 4) is 5.75 Å². The standard InChI is InChI=1S/C27H32Cl2N2O3/c1-20-16-23(10-11-24(20)29)34-19-27(17-25(32)30-13-3-2-4-14-30)12-5-15-31(18-27)26(33)21-6-8-22(28)9-7-21/h6-11,16H,2-5,12-15,17-19H2,1H3. The van der Waals surface area contributed by atoms with Crippen molar-refractivity contribution in [1.29, 1.82) is 0 Å². The van der Waals surface area contributed by atoms with Crippen molar-refractivity contribution in [3.63, 3.8) is 0 Å². The monoisotopic (exact) mass is 502 g/mol. The lowest BCUT2D eigenvalue weighted by Crippen LogP contribution is -2.51. The van der Waals surface area contributed by atoms with Crippen LogP contribution in [-0.4, -0.2) is 54.4 Å². The van der Waals surface area contributed by atoms with Crippen LogP contribution in [0.1, 0.15) is 54.4 Å². The van der Waals surface area contributed by atoms with Gasteiger partial charge in [0.1, 0.15) is 5.75 Å². The number of amides is 2. The fourth-order valence-electron chi connectivity index (χ4n) is 4.99. The molecular weight excluding hydrogens is 471 g/mol. The average molecular weight is 503 g/mol. The molecule has 5 nitrogen and oxygen atoms in total. The molecule has 0 bridgehead atoms. The Morgan fingerprint density at radius 3 is 2.35 bits per heavy atom. The van der Waals surface area contributed by atoms with Gasteiger partial charge in [0.25, 0.3) is 5.91 Å². The summed E-state index contributed by atoms with van der Waals surface area (Å²) in [6.45, 7) is 5.11. The third-order valence-electron chi connectivity index (χ3n) is 6.95. The average Bonchev–Trinajstić information content (AvgIpc) is 2.85. The van der Waals surface area contributed by atoms with Crippen LogP contribution in [0.5, 0.6) is 5.75 Å². The van der Waals surface area contributed by atoms with Crippen LogP contribution in [-0.2, 0) is 4.79 Å². The van der Waals surface area contributed by atoms with Crippen LogP contribution in [0.15, 0.2) is 42.5 Å². The first-order chi connectivity index (χ1) is 16.3. The van der Waals surface area contributed by atoms with Crippen LogP contribution >= 0.6 is 23.2 Å². The highest BCUT2D eigenvalue weighted by molar-refractivity contribution is 6.31. The van der Waals surface area contributed by atoms with Gasteiger partial charge in [-0.15, -0.1) is 0 Å². The molecule has 4 rings (SSSR count). The van der Waals surface area contributed by atoms with E-state index in [2.05, 4.69) is 0 Å². The van der Waals surface area contributed by atoms with E-state index < -0.39 is 5.41 Å². The molecule has 0 aliphatic carbocycles. The highest BCUT2D eigenvalue weighted by atomic mass is 35.5. The summed E-state index contributed by atoms with van der Waals surface area (Å²) in [6, 6.07) is 12.6. The summed E-state index contributed by atoms with van der Waals surface area (Å²) in [5.74, 6) is 0.859. The number of piperidine rings is 2. The third kappa shape index (κ3) is 6.05. The van der Waals surface area contributed by atoms with Gasteiger partial charge in [-0.2, -0.15) is 0 Å². The first-order valence-electron chi connectivity index (χ1n) is 12.1. The predicted octanol–water partition coefficient (Wildman–Crippen LogP) is 6.01. The topological polar surface area (TPSA) is 49.9 Å². The molecule has 2 aromatic rings. The summed E-state index contributed by atoms with van der Waals surface area (Å²) in [6.07, 6.45) is 5.33. The van der Waals surface area contributed by atoms with E-state index in [-0.39, 0.29) is 11.8 Å². The van der Waals surface area contributed by atoms with Gasteiger partial charge in [-0.3, -0.25) is 9.59 Å². The number of nitrogens with zero attached hydrogens (tertiary/aromatic N) is 2. The van der Waals surface area contributed by atoms with Crippen molar-refractivity contribution in [1.82, 2.24) is 9.80 Å². The molecule has 2 amide bonds. The molecule has 2 saturated heterocycles. The largest absolute Gasteiger partial charge is 0.493 e. The Labute approximate surface area is 212 Å². The van der Waals surface area contributed by atoms with Gasteiger partial charge in [0, 0.05) is 53.6 Å². The summed E-state index contributed by atoms with van der Waals surface area (Å²) in [5.41, 5.74) is 1.11. The van der Waals surface area contributed by atoms with E-state index in [9.17, 15) is 9.59 Å². The van der Waals surface area contributed by atoms with Crippen molar-refractivity contribution in [3.05, 3.63) is 63.6 Å². The number of carbonyl (C=O) groups is 2. The van der Waals surface area contributed by atoms with Crippen molar-refractivity contribution < 1.29 is 14.3 Å². The summed E-state index contributed by atoms with van der Waals surface area (Å²) in [5, 5.41) is 1.29. The van der Waals surface area contributed by atoms with E-state index in [1.165, 1.54) is 6.42 Å². The minimum absolute atomic E-state index is 0.0338. The number of ether oxygens (including phenoxy) is 1.